The molecular weight excluding hydrogens is 618 g/mol. The molecule has 1 saturated carbocycles. The van der Waals surface area contributed by atoms with E-state index in [1.165, 1.54) is 4.90 Å². The zero-order valence-electron chi connectivity index (χ0n) is 22.6. The molecule has 240 valence electrons. The maximum Gasteiger partial charge on any atom is 0.430 e. The molecule has 0 radical (unpaired) electrons. The fraction of sp³-hybridized carbons (Fsp3) is 0.630. The fourth-order valence-electron chi connectivity index (χ4n) is 6.44. The van der Waals surface area contributed by atoms with Gasteiger partial charge in [0.05, 0.1) is 5.92 Å². The maximum atomic E-state index is 15.3. The summed E-state index contributed by atoms with van der Waals surface area (Å²) in [6, 6.07) is 0. The molecule has 16 heteroatoms. The lowest BCUT2D eigenvalue weighted by atomic mass is 9.80. The van der Waals surface area contributed by atoms with Crippen LogP contribution in [0.15, 0.2) is 45.9 Å². The number of alkyl halides is 6. The highest BCUT2D eigenvalue weighted by Crippen LogP contribution is 2.53. The number of carboxylic acid groups (broad SMARTS) is 1. The van der Waals surface area contributed by atoms with Crippen LogP contribution in [0.5, 0.6) is 0 Å². The van der Waals surface area contributed by atoms with E-state index >= 15 is 4.39 Å². The molecule has 7 nitrogen and oxygen atoms in total. The summed E-state index contributed by atoms with van der Waals surface area (Å²) in [7, 11) is -4.58. The zero-order valence-corrected chi connectivity index (χ0v) is 23.4. The third-order valence-electron chi connectivity index (χ3n) is 8.97. The number of halogens is 8. The summed E-state index contributed by atoms with van der Waals surface area (Å²) in [4.78, 5) is 25.6. The van der Waals surface area contributed by atoms with Crippen molar-refractivity contribution in [2.45, 2.75) is 80.5 Å². The van der Waals surface area contributed by atoms with Gasteiger partial charge in [-0.1, -0.05) is 0 Å². The Hall–Kier alpha value is -2.75. The molecule has 0 aromatic carbocycles. The highest BCUT2D eigenvalue weighted by atomic mass is 32.2. The molecule has 1 saturated heterocycles. The Labute approximate surface area is 241 Å². The number of aliphatic hydroxyl groups is 1. The largest absolute Gasteiger partial charge is 0.481 e. The average molecular weight is 648 g/mol. The van der Waals surface area contributed by atoms with E-state index in [1.54, 1.807) is 0 Å². The first-order valence-electron chi connectivity index (χ1n) is 13.5. The third-order valence-corrected chi connectivity index (χ3v) is 11.6. The van der Waals surface area contributed by atoms with Gasteiger partial charge >= 0.3 is 18.3 Å². The topological polar surface area (TPSA) is 112 Å². The van der Waals surface area contributed by atoms with E-state index in [9.17, 15) is 59.0 Å². The van der Waals surface area contributed by atoms with Crippen LogP contribution in [0, 0.1) is 11.8 Å². The van der Waals surface area contributed by atoms with Gasteiger partial charge < -0.3 is 15.1 Å². The Balaban J connectivity index is 1.76. The van der Waals surface area contributed by atoms with Gasteiger partial charge in [0.2, 0.25) is 5.91 Å². The molecule has 1 atom stereocenters. The molecule has 1 aliphatic heterocycles. The maximum absolute atomic E-state index is 15.3. The van der Waals surface area contributed by atoms with Crippen molar-refractivity contribution >= 4 is 21.7 Å². The van der Waals surface area contributed by atoms with Gasteiger partial charge in [0, 0.05) is 35.9 Å². The van der Waals surface area contributed by atoms with Crippen molar-refractivity contribution < 1.29 is 63.3 Å². The van der Waals surface area contributed by atoms with Crippen molar-refractivity contribution in [3.63, 3.8) is 0 Å². The minimum atomic E-state index is -6.34. The molecule has 0 aromatic rings. The Bertz CT molecular complexity index is 1390. The Kier molecular flexibility index (Phi) is 8.72. The van der Waals surface area contributed by atoms with Crippen LogP contribution in [0.1, 0.15) is 57.8 Å². The van der Waals surface area contributed by atoms with Crippen molar-refractivity contribution in [1.29, 1.82) is 0 Å². The first kappa shape index (κ1) is 33.1. The highest BCUT2D eigenvalue weighted by molar-refractivity contribution is 7.96. The second kappa shape index (κ2) is 11.3. The van der Waals surface area contributed by atoms with E-state index in [0.717, 1.165) is 12.2 Å². The van der Waals surface area contributed by atoms with Crippen molar-refractivity contribution in [3.05, 3.63) is 45.9 Å². The number of carbonyl (C=O) groups is 2. The predicted octanol–water partition coefficient (Wildman–Crippen LogP) is 5.59. The number of carboxylic acids is 1. The van der Waals surface area contributed by atoms with Gasteiger partial charge in [0.15, 0.2) is 9.84 Å². The first-order chi connectivity index (χ1) is 19.8. The third kappa shape index (κ3) is 5.64. The van der Waals surface area contributed by atoms with Gasteiger partial charge in [-0.3, -0.25) is 9.59 Å². The van der Waals surface area contributed by atoms with Crippen LogP contribution in [-0.2, 0) is 19.4 Å². The van der Waals surface area contributed by atoms with Gasteiger partial charge in [-0.25, -0.2) is 17.2 Å². The minimum Gasteiger partial charge on any atom is -0.481 e. The van der Waals surface area contributed by atoms with Gasteiger partial charge in [0.1, 0.15) is 16.4 Å². The Morgan fingerprint density at radius 1 is 0.884 bits per heavy atom. The SMILES string of the molecule is O=C(O)C1CCC(C(=O)N2CCC(C3=CC(F)=C(C(O)(C(F)(F)F)C(F)(F)F)CC3)(S(=O)(=O)C3=CC=C(F)CC3)C2)CC1. The van der Waals surface area contributed by atoms with Crippen molar-refractivity contribution in [1.82, 2.24) is 4.90 Å². The summed E-state index contributed by atoms with van der Waals surface area (Å²) in [5, 5.41) is 19.0. The standard InChI is InChI=1S/C27H29F8NO6S/c28-18-6-8-19(9-7-18)43(41,42)24(11-12-36(14-24)22(37)15-1-3-16(4-2-15)23(38)39)17-5-10-20(21(29)13-17)25(40,26(30,31)32)27(33,34)35/h6,8,13,15-16,40H,1-5,7,9-12,14H2,(H,38,39). The van der Waals surface area contributed by atoms with Gasteiger partial charge in [-0.05, 0) is 75.2 Å². The van der Waals surface area contributed by atoms with Crippen LogP contribution in [0.2, 0.25) is 0 Å². The summed E-state index contributed by atoms with van der Waals surface area (Å²) in [6.45, 7) is -0.785. The number of nitrogens with zero attached hydrogens (tertiary/aromatic N) is 1. The summed E-state index contributed by atoms with van der Waals surface area (Å²) >= 11 is 0. The van der Waals surface area contributed by atoms with Crippen LogP contribution >= 0.6 is 0 Å². The normalized spacial score (nSPS) is 27.9. The van der Waals surface area contributed by atoms with E-state index in [1.807, 2.05) is 0 Å². The molecule has 1 amide bonds. The van der Waals surface area contributed by atoms with Crippen molar-refractivity contribution in [3.8, 4) is 0 Å². The molecule has 1 unspecified atom stereocenters. The Morgan fingerprint density at radius 3 is 1.95 bits per heavy atom. The molecule has 2 fully saturated rings. The monoisotopic (exact) mass is 647 g/mol. The number of carbonyl (C=O) groups excluding carboxylic acids is 1. The number of likely N-dealkylation sites (tertiary alicyclic amines) is 1. The second-order valence-corrected chi connectivity index (χ2v) is 13.7. The second-order valence-electron chi connectivity index (χ2n) is 11.3. The van der Waals surface area contributed by atoms with Crippen molar-refractivity contribution in [2.75, 3.05) is 13.1 Å². The van der Waals surface area contributed by atoms with Crippen molar-refractivity contribution in [2.24, 2.45) is 11.8 Å². The molecule has 4 rings (SSSR count). The number of allylic oxidation sites excluding steroid dienone is 6. The summed E-state index contributed by atoms with van der Waals surface area (Å²) < 4.78 is 136. The number of hydrogen-bond donors (Lipinski definition) is 2. The number of amides is 1. The molecule has 0 bridgehead atoms. The fourth-order valence-corrected chi connectivity index (χ4v) is 8.76. The van der Waals surface area contributed by atoms with E-state index in [2.05, 4.69) is 0 Å². The summed E-state index contributed by atoms with van der Waals surface area (Å²) in [5.41, 5.74) is -7.90. The van der Waals surface area contributed by atoms with Crippen LogP contribution in [-0.4, -0.2) is 71.2 Å². The van der Waals surface area contributed by atoms with Crippen LogP contribution < -0.4 is 0 Å². The molecule has 0 spiro atoms. The van der Waals surface area contributed by atoms with E-state index < -0.39 is 92.9 Å². The molecule has 1 heterocycles. The van der Waals surface area contributed by atoms with Crippen LogP contribution in [0.25, 0.3) is 0 Å². The van der Waals surface area contributed by atoms with Gasteiger partial charge in [-0.2, -0.15) is 26.3 Å². The van der Waals surface area contributed by atoms with Crippen LogP contribution in [0.3, 0.4) is 0 Å². The molecule has 43 heavy (non-hydrogen) atoms. The lowest BCUT2D eigenvalue weighted by Crippen LogP contribution is -2.58. The van der Waals surface area contributed by atoms with E-state index in [4.69, 9.17) is 0 Å². The van der Waals surface area contributed by atoms with Gasteiger partial charge in [0.25, 0.3) is 5.60 Å². The lowest BCUT2D eigenvalue weighted by molar-refractivity contribution is -0.353. The number of rotatable bonds is 6. The zero-order chi connectivity index (χ0) is 32.2. The Morgan fingerprint density at radius 2 is 1.47 bits per heavy atom. The molecule has 0 aromatic heterocycles. The summed E-state index contributed by atoms with van der Waals surface area (Å²) in [5.74, 6) is -5.50. The quantitative estimate of drug-likeness (QED) is 0.364. The number of sulfone groups is 1. The molecule has 3 aliphatic carbocycles. The van der Waals surface area contributed by atoms with E-state index in [0.29, 0.717) is 0 Å². The van der Waals surface area contributed by atoms with E-state index in [-0.39, 0.29) is 68.0 Å². The molecular formula is C27H29F8NO6S. The number of hydrogen-bond acceptors (Lipinski definition) is 5. The smallest absolute Gasteiger partial charge is 0.430 e. The molecule has 4 aliphatic rings. The summed E-state index contributed by atoms with van der Waals surface area (Å²) in [6.07, 6.45) is -12.8. The lowest BCUT2D eigenvalue weighted by Gasteiger charge is -2.39. The minimum absolute atomic E-state index is 0.195. The average Bonchev–Trinajstić information content (AvgIpc) is 3.39. The first-order valence-corrected chi connectivity index (χ1v) is 15.0. The number of aliphatic carboxylic acids is 1. The highest BCUT2D eigenvalue weighted by Gasteiger charge is 2.73. The van der Waals surface area contributed by atoms with Gasteiger partial charge in [-0.15, -0.1) is 0 Å². The molecule has 2 N–H and O–H groups in total. The van der Waals surface area contributed by atoms with Crippen LogP contribution in [0.4, 0.5) is 35.1 Å². The predicted molar refractivity (Wildman–Crippen MR) is 135 cm³/mol.